The summed E-state index contributed by atoms with van der Waals surface area (Å²) in [4.78, 5) is 23.0. The van der Waals surface area contributed by atoms with Crippen LogP contribution in [0.5, 0.6) is 0 Å². The van der Waals surface area contributed by atoms with Gasteiger partial charge in [0.1, 0.15) is 12.4 Å². The van der Waals surface area contributed by atoms with Gasteiger partial charge in [-0.1, -0.05) is 12.1 Å². The van der Waals surface area contributed by atoms with Gasteiger partial charge in [-0.25, -0.2) is 9.18 Å². The molecule has 0 saturated heterocycles. The van der Waals surface area contributed by atoms with Crippen LogP contribution in [0, 0.1) is 5.82 Å². The van der Waals surface area contributed by atoms with Gasteiger partial charge < -0.3 is 10.6 Å². The number of likely N-dealkylation sites (N-methyl/N-ethyl adjacent to an activating group) is 1. The van der Waals surface area contributed by atoms with Crippen LogP contribution in [-0.4, -0.2) is 25.0 Å². The predicted molar refractivity (Wildman–Crippen MR) is 64.2 cm³/mol. The van der Waals surface area contributed by atoms with Gasteiger partial charge >= 0.3 is 6.03 Å². The maximum Gasteiger partial charge on any atom is 0.319 e. The summed E-state index contributed by atoms with van der Waals surface area (Å²) in [5, 5.41) is 2.04. The number of hydrogen-bond donors (Lipinski definition) is 3. The van der Waals surface area contributed by atoms with Gasteiger partial charge in [0.25, 0.3) is 5.91 Å². The number of halogens is 1. The summed E-state index contributed by atoms with van der Waals surface area (Å²) >= 11 is 0. The van der Waals surface area contributed by atoms with Crippen LogP contribution in [0.3, 0.4) is 0 Å². The third kappa shape index (κ3) is 4.14. The SMILES string of the molecule is C[C@@H](C(=O)NC(N)=O)[NH+](C)Cc1ccc(F)cc1. The summed E-state index contributed by atoms with van der Waals surface area (Å²) in [7, 11) is 1.81. The Balaban J connectivity index is 2.59. The standard InChI is InChI=1S/C12H16FN3O2/c1-8(11(17)15-12(14)18)16(2)7-9-3-5-10(13)6-4-9/h3-6,8H,7H2,1-2H3,(H3,14,15,17,18)/p+1/t8-/m0/s1. The quantitative estimate of drug-likeness (QED) is 0.672. The number of imide groups is 1. The van der Waals surface area contributed by atoms with Gasteiger partial charge in [0.05, 0.1) is 7.05 Å². The van der Waals surface area contributed by atoms with Crippen molar-refractivity contribution in [1.82, 2.24) is 5.32 Å². The minimum absolute atomic E-state index is 0.295. The highest BCUT2D eigenvalue weighted by Gasteiger charge is 2.22. The molecule has 18 heavy (non-hydrogen) atoms. The smallest absolute Gasteiger partial charge is 0.319 e. The van der Waals surface area contributed by atoms with Gasteiger partial charge in [-0.15, -0.1) is 0 Å². The van der Waals surface area contributed by atoms with E-state index in [1.165, 1.54) is 12.1 Å². The second-order valence-corrected chi connectivity index (χ2v) is 4.22. The number of rotatable bonds is 4. The van der Waals surface area contributed by atoms with Crippen LogP contribution in [0.1, 0.15) is 12.5 Å². The number of carbonyl (C=O) groups excluding carboxylic acids is 2. The molecule has 0 aliphatic heterocycles. The third-order valence-electron chi connectivity index (χ3n) is 2.78. The number of quaternary nitrogens is 1. The minimum Gasteiger partial charge on any atom is -0.351 e. The van der Waals surface area contributed by atoms with E-state index in [0.717, 1.165) is 10.5 Å². The fourth-order valence-electron chi connectivity index (χ4n) is 1.53. The van der Waals surface area contributed by atoms with E-state index in [0.29, 0.717) is 6.54 Å². The summed E-state index contributed by atoms with van der Waals surface area (Å²) in [6.07, 6.45) is 0. The largest absolute Gasteiger partial charge is 0.351 e. The highest BCUT2D eigenvalue weighted by Crippen LogP contribution is 2.00. The van der Waals surface area contributed by atoms with Crippen molar-refractivity contribution >= 4 is 11.9 Å². The summed E-state index contributed by atoms with van der Waals surface area (Å²) in [5.41, 5.74) is 5.79. The van der Waals surface area contributed by atoms with Crippen molar-refractivity contribution < 1.29 is 18.9 Å². The third-order valence-corrected chi connectivity index (χ3v) is 2.78. The van der Waals surface area contributed by atoms with Crippen molar-refractivity contribution in [3.05, 3.63) is 35.6 Å². The second-order valence-electron chi connectivity index (χ2n) is 4.22. The molecule has 1 aromatic carbocycles. The lowest BCUT2D eigenvalue weighted by Crippen LogP contribution is -3.12. The van der Waals surface area contributed by atoms with Crippen molar-refractivity contribution in [2.75, 3.05) is 7.05 Å². The molecule has 3 amide bonds. The van der Waals surface area contributed by atoms with Gasteiger partial charge in [0.15, 0.2) is 6.04 Å². The van der Waals surface area contributed by atoms with Crippen LogP contribution in [-0.2, 0) is 11.3 Å². The molecule has 4 N–H and O–H groups in total. The first-order chi connectivity index (χ1) is 8.40. The number of primary amides is 1. The van der Waals surface area contributed by atoms with Crippen molar-refractivity contribution in [2.45, 2.75) is 19.5 Å². The zero-order valence-corrected chi connectivity index (χ0v) is 10.4. The molecule has 0 aromatic heterocycles. The number of hydrogen-bond acceptors (Lipinski definition) is 2. The molecule has 2 atom stereocenters. The first-order valence-corrected chi connectivity index (χ1v) is 5.57. The van der Waals surface area contributed by atoms with E-state index in [-0.39, 0.29) is 5.82 Å². The van der Waals surface area contributed by atoms with E-state index in [4.69, 9.17) is 5.73 Å². The van der Waals surface area contributed by atoms with Crippen molar-refractivity contribution in [3.63, 3.8) is 0 Å². The molecule has 0 aliphatic carbocycles. The fourth-order valence-corrected chi connectivity index (χ4v) is 1.53. The van der Waals surface area contributed by atoms with Crippen molar-refractivity contribution in [1.29, 1.82) is 0 Å². The van der Waals surface area contributed by atoms with Crippen LogP contribution in [0.15, 0.2) is 24.3 Å². The number of carbonyl (C=O) groups is 2. The molecule has 0 aliphatic rings. The van der Waals surface area contributed by atoms with Crippen LogP contribution < -0.4 is 16.0 Å². The zero-order chi connectivity index (χ0) is 13.7. The van der Waals surface area contributed by atoms with Gasteiger partial charge in [-0.05, 0) is 19.1 Å². The van der Waals surface area contributed by atoms with E-state index < -0.39 is 18.0 Å². The van der Waals surface area contributed by atoms with E-state index in [1.54, 1.807) is 19.1 Å². The molecule has 0 bridgehead atoms. The van der Waals surface area contributed by atoms with Crippen LogP contribution in [0.25, 0.3) is 0 Å². The molecule has 0 saturated carbocycles. The monoisotopic (exact) mass is 254 g/mol. The normalized spacial score (nSPS) is 13.7. The van der Waals surface area contributed by atoms with Crippen molar-refractivity contribution in [2.24, 2.45) is 5.73 Å². The average molecular weight is 254 g/mol. The Kier molecular flexibility index (Phi) is 4.79. The number of urea groups is 1. The average Bonchev–Trinajstić information content (AvgIpc) is 2.30. The highest BCUT2D eigenvalue weighted by atomic mass is 19.1. The summed E-state index contributed by atoms with van der Waals surface area (Å²) in [6, 6.07) is 4.78. The Bertz CT molecular complexity index is 433. The molecule has 5 nitrogen and oxygen atoms in total. The van der Waals surface area contributed by atoms with Gasteiger partial charge in [-0.3, -0.25) is 10.1 Å². The molecule has 1 rings (SSSR count). The van der Waals surface area contributed by atoms with E-state index in [1.807, 2.05) is 12.4 Å². The first-order valence-electron chi connectivity index (χ1n) is 5.57. The zero-order valence-electron chi connectivity index (χ0n) is 10.4. The molecule has 1 aromatic rings. The Morgan fingerprint density at radius 1 is 1.39 bits per heavy atom. The number of nitrogens with two attached hydrogens (primary N) is 1. The molecule has 0 radical (unpaired) electrons. The summed E-state index contributed by atoms with van der Waals surface area (Å²) in [5.74, 6) is -0.724. The van der Waals surface area contributed by atoms with Crippen LogP contribution in [0.2, 0.25) is 0 Å². The number of benzene rings is 1. The van der Waals surface area contributed by atoms with Gasteiger partial charge in [0.2, 0.25) is 0 Å². The van der Waals surface area contributed by atoms with Gasteiger partial charge in [0, 0.05) is 5.56 Å². The topological polar surface area (TPSA) is 76.6 Å². The first kappa shape index (κ1) is 14.1. The highest BCUT2D eigenvalue weighted by molar-refractivity contribution is 5.95. The lowest BCUT2D eigenvalue weighted by Gasteiger charge is -2.20. The lowest BCUT2D eigenvalue weighted by atomic mass is 10.2. The summed E-state index contributed by atoms with van der Waals surface area (Å²) in [6.45, 7) is 2.24. The molecular weight excluding hydrogens is 237 g/mol. The molecule has 0 fully saturated rings. The molecule has 98 valence electrons. The molecule has 0 heterocycles. The van der Waals surface area contributed by atoms with Crippen LogP contribution in [0.4, 0.5) is 9.18 Å². The second kappa shape index (κ2) is 6.11. The Morgan fingerprint density at radius 3 is 2.44 bits per heavy atom. The Labute approximate surface area is 105 Å². The van der Waals surface area contributed by atoms with Crippen LogP contribution >= 0.6 is 0 Å². The minimum atomic E-state index is -0.860. The van der Waals surface area contributed by atoms with Gasteiger partial charge in [-0.2, -0.15) is 0 Å². The van der Waals surface area contributed by atoms with Crippen molar-refractivity contribution in [3.8, 4) is 0 Å². The van der Waals surface area contributed by atoms with E-state index >= 15 is 0 Å². The number of nitrogens with one attached hydrogen (secondary N) is 2. The fraction of sp³-hybridized carbons (Fsp3) is 0.333. The maximum atomic E-state index is 12.7. The van der Waals surface area contributed by atoms with E-state index in [9.17, 15) is 14.0 Å². The Hall–Kier alpha value is -1.95. The number of amides is 3. The molecular formula is C12H17FN3O2+. The molecule has 6 heteroatoms. The molecule has 1 unspecified atom stereocenters. The maximum absolute atomic E-state index is 12.7. The predicted octanol–water partition coefficient (Wildman–Crippen LogP) is -0.576. The molecule has 0 spiro atoms. The van der Waals surface area contributed by atoms with E-state index in [2.05, 4.69) is 0 Å². The Morgan fingerprint density at radius 2 is 1.94 bits per heavy atom. The lowest BCUT2D eigenvalue weighted by molar-refractivity contribution is -0.908. The summed E-state index contributed by atoms with van der Waals surface area (Å²) < 4.78 is 12.7.